The number of aromatic nitrogens is 2. The minimum Gasteiger partial charge on any atom is -0.506 e. The van der Waals surface area contributed by atoms with Crippen LogP contribution in [0.3, 0.4) is 0 Å². The second-order valence-electron chi connectivity index (χ2n) is 19.9. The molecule has 77 heavy (non-hydrogen) atoms. The largest absolute Gasteiger partial charge is 0.506 e. The summed E-state index contributed by atoms with van der Waals surface area (Å²) in [6, 6.07) is 5.78. The lowest BCUT2D eigenvalue weighted by molar-refractivity contribution is -0.160. The number of likely N-dealkylation sites (N-methyl/N-ethyl adjacent to an activating group) is 4. The fourth-order valence-corrected chi connectivity index (χ4v) is 10.5. The molecule has 8 atom stereocenters. The zero-order valence-electron chi connectivity index (χ0n) is 44.5. The molecule has 23 nitrogen and oxygen atoms in total. The van der Waals surface area contributed by atoms with E-state index < -0.39 is 156 Å². The topological polar surface area (TPSA) is 304 Å². The highest BCUT2D eigenvalue weighted by atomic mass is 32.2. The third-order valence-electron chi connectivity index (χ3n) is 13.6. The fraction of sp³-hybridized carbons (Fsp3) is 0.472. The SMILES string of the molecule is CC(C)[C@H]1C(=O)OC[C@@H](NC(=O)c2nc3ccccc3cc2O)C(=O)N[C@@H](C)C(=O)N(C)[C@H]2CSC[C@@H](C(=O)N1C)N(C)C(=O)[C@H](C)NC(=O)[C@H](CC(=O)c1nc3ccccc3cc1O)COC(=O)[C@H](C(C)C)N(C)C2=O. The monoisotopic (exact) mass is 1080 g/mol. The number of rotatable bonds is 7. The van der Waals surface area contributed by atoms with Crippen LogP contribution in [0.4, 0.5) is 0 Å². The Morgan fingerprint density at radius 2 is 1.06 bits per heavy atom. The Hall–Kier alpha value is -7.89. The first-order valence-corrected chi connectivity index (χ1v) is 26.1. The molecule has 0 aliphatic carbocycles. The van der Waals surface area contributed by atoms with Crippen LogP contribution in [0.5, 0.6) is 11.5 Å². The van der Waals surface area contributed by atoms with E-state index in [1.165, 1.54) is 54.2 Å². The molecule has 6 rings (SSSR count). The third kappa shape index (κ3) is 13.2. The van der Waals surface area contributed by atoms with Gasteiger partial charge in [0.05, 0.1) is 17.0 Å². The Morgan fingerprint density at radius 1 is 0.636 bits per heavy atom. The number of Topliss-reactive ketones (excluding diaryl/α,β-unsaturated/α-hetero) is 1. The van der Waals surface area contributed by atoms with E-state index in [2.05, 4.69) is 25.9 Å². The highest BCUT2D eigenvalue weighted by molar-refractivity contribution is 7.99. The van der Waals surface area contributed by atoms with Crippen molar-refractivity contribution in [2.45, 2.75) is 90.3 Å². The number of hydrogen-bond acceptors (Lipinski definition) is 17. The molecular weight excluding hydrogens is 1020 g/mol. The van der Waals surface area contributed by atoms with Gasteiger partial charge in [-0.05, 0) is 49.9 Å². The van der Waals surface area contributed by atoms with Crippen LogP contribution in [0.25, 0.3) is 21.8 Å². The molecule has 0 spiro atoms. The quantitative estimate of drug-likeness (QED) is 0.130. The van der Waals surface area contributed by atoms with Crippen molar-refractivity contribution < 1.29 is 67.6 Å². The van der Waals surface area contributed by atoms with Gasteiger partial charge < -0.3 is 55.2 Å². The fourth-order valence-electron chi connectivity index (χ4n) is 9.23. The Kier molecular flexibility index (Phi) is 18.8. The predicted molar refractivity (Wildman–Crippen MR) is 281 cm³/mol. The number of carbonyl (C=O) groups is 10. The van der Waals surface area contributed by atoms with E-state index in [0.29, 0.717) is 21.8 Å². The first kappa shape index (κ1) is 58.4. The van der Waals surface area contributed by atoms with Crippen LogP contribution in [0.1, 0.15) is 68.9 Å². The van der Waals surface area contributed by atoms with E-state index in [0.717, 1.165) is 31.4 Å². The van der Waals surface area contributed by atoms with Crippen LogP contribution in [-0.2, 0) is 47.8 Å². The summed E-state index contributed by atoms with van der Waals surface area (Å²) < 4.78 is 11.4. The smallest absolute Gasteiger partial charge is 0.329 e. The third-order valence-corrected chi connectivity index (χ3v) is 14.7. The lowest BCUT2D eigenvalue weighted by Gasteiger charge is -2.37. The normalized spacial score (nSPS) is 24.5. The van der Waals surface area contributed by atoms with Crippen LogP contribution in [-0.4, -0.2) is 194 Å². The molecule has 2 aromatic carbocycles. The van der Waals surface area contributed by atoms with Crippen LogP contribution in [0.15, 0.2) is 60.7 Å². The van der Waals surface area contributed by atoms with Crippen molar-refractivity contribution >= 4 is 92.6 Å². The maximum atomic E-state index is 14.9. The van der Waals surface area contributed by atoms with Gasteiger partial charge in [0.2, 0.25) is 35.4 Å². The number of nitrogens with zero attached hydrogens (tertiary/aromatic N) is 6. The molecule has 7 amide bonds. The number of fused-ring (bicyclic) bond motifs is 6. The predicted octanol–water partition coefficient (Wildman–Crippen LogP) is 1.66. The molecule has 2 bridgehead atoms. The zero-order valence-corrected chi connectivity index (χ0v) is 45.3. The summed E-state index contributed by atoms with van der Waals surface area (Å²) in [5, 5.41) is 30.3. The number of para-hydroxylation sites is 2. The van der Waals surface area contributed by atoms with Crippen molar-refractivity contribution in [3.8, 4) is 11.5 Å². The van der Waals surface area contributed by atoms with Gasteiger partial charge in [-0.15, -0.1) is 0 Å². The Bertz CT molecular complexity index is 2780. The molecule has 0 saturated carbocycles. The van der Waals surface area contributed by atoms with Crippen molar-refractivity contribution in [1.29, 1.82) is 0 Å². The Labute approximate surface area is 448 Å². The standard InChI is InChI=1S/C53H65N9O14S/c1-26(2)43-52(73)75-22-32(21-39(64)41-38(63)19-30-15-11-13-17-33(30)56-41)45(66)54-28(5)48(69)59(7)36-24-77-25-37(50(71)61(43)9)60(8)49(70)29(6)55-46(67)35(23-76-53(74)44(27(3)4)62(10)51(36)72)58-47(68)42-40(65)20-31-16-12-14-18-34(31)57-42/h11-20,26-29,32,35-37,43-44,63,65H,21-25H2,1-10H3,(H,54,66)(H,55,67)(H,58,68)/t28-,29-,32+,35+,36-,37-,43-,44-/m0/s1. The first-order valence-electron chi connectivity index (χ1n) is 24.9. The number of thioether (sulfide) groups is 1. The number of ketones is 1. The highest BCUT2D eigenvalue weighted by Crippen LogP contribution is 2.27. The number of benzene rings is 2. The molecule has 2 fully saturated rings. The van der Waals surface area contributed by atoms with Crippen LogP contribution >= 0.6 is 11.8 Å². The van der Waals surface area contributed by atoms with Crippen molar-refractivity contribution in [2.24, 2.45) is 17.8 Å². The molecule has 2 saturated heterocycles. The molecule has 4 aromatic rings. The highest BCUT2D eigenvalue weighted by Gasteiger charge is 2.43. The van der Waals surface area contributed by atoms with Crippen molar-refractivity contribution in [2.75, 3.05) is 52.9 Å². The molecule has 4 heterocycles. The summed E-state index contributed by atoms with van der Waals surface area (Å²) in [6.45, 7) is 7.54. The van der Waals surface area contributed by atoms with Gasteiger partial charge >= 0.3 is 11.9 Å². The number of hydrogen-bond donors (Lipinski definition) is 5. The molecule has 0 radical (unpaired) electrons. The van der Waals surface area contributed by atoms with E-state index in [9.17, 15) is 58.2 Å². The average molecular weight is 1080 g/mol. The van der Waals surface area contributed by atoms with Crippen LogP contribution in [0, 0.1) is 17.8 Å². The average Bonchev–Trinajstić information content (AvgIpc) is 3.39. The van der Waals surface area contributed by atoms with E-state index in [-0.39, 0.29) is 17.2 Å². The second kappa shape index (κ2) is 24.8. The lowest BCUT2D eigenvalue weighted by atomic mass is 9.98. The lowest BCUT2D eigenvalue weighted by Crippen LogP contribution is -2.59. The molecule has 24 heteroatoms. The van der Waals surface area contributed by atoms with E-state index in [1.807, 2.05) is 0 Å². The minimum atomic E-state index is -1.74. The molecule has 0 unspecified atom stereocenters. The molecule has 2 aliphatic heterocycles. The molecule has 412 valence electrons. The van der Waals surface area contributed by atoms with Crippen molar-refractivity contribution in [1.82, 2.24) is 45.5 Å². The number of carbonyl (C=O) groups excluding carboxylic acids is 10. The maximum absolute atomic E-state index is 14.9. The number of ether oxygens (including phenoxy) is 2. The van der Waals surface area contributed by atoms with Crippen molar-refractivity contribution in [3.63, 3.8) is 0 Å². The van der Waals surface area contributed by atoms with Crippen LogP contribution < -0.4 is 16.0 Å². The van der Waals surface area contributed by atoms with E-state index in [1.54, 1.807) is 76.2 Å². The van der Waals surface area contributed by atoms with Gasteiger partial charge in [0.1, 0.15) is 72.7 Å². The summed E-state index contributed by atoms with van der Waals surface area (Å²) in [5.74, 6) is -13.4. The number of nitrogens with one attached hydrogen (secondary N) is 3. The van der Waals surface area contributed by atoms with Gasteiger partial charge in [-0.1, -0.05) is 64.1 Å². The molecular formula is C53H65N9O14S. The van der Waals surface area contributed by atoms with Gasteiger partial charge in [-0.2, -0.15) is 11.8 Å². The number of cyclic esters (lactones) is 2. The number of esters is 2. The van der Waals surface area contributed by atoms with E-state index in [4.69, 9.17) is 9.47 Å². The number of amides is 7. The summed E-state index contributed by atoms with van der Waals surface area (Å²) >= 11 is 0.983. The summed E-state index contributed by atoms with van der Waals surface area (Å²) in [7, 11) is 5.21. The summed E-state index contributed by atoms with van der Waals surface area (Å²) in [6.07, 6.45) is -0.673. The Balaban J connectivity index is 1.40. The van der Waals surface area contributed by atoms with Crippen molar-refractivity contribution in [3.05, 3.63) is 72.1 Å². The number of pyridine rings is 2. The zero-order chi connectivity index (χ0) is 56.7. The second-order valence-corrected chi connectivity index (χ2v) is 21.0. The van der Waals surface area contributed by atoms with Gasteiger partial charge in [0.25, 0.3) is 5.91 Å². The minimum absolute atomic E-state index is 0.257. The van der Waals surface area contributed by atoms with Gasteiger partial charge in [-0.25, -0.2) is 19.6 Å². The van der Waals surface area contributed by atoms with Gasteiger partial charge in [-0.3, -0.25) is 38.4 Å². The van der Waals surface area contributed by atoms with Gasteiger partial charge in [0.15, 0.2) is 11.5 Å². The number of aromatic hydroxyl groups is 2. The first-order chi connectivity index (χ1) is 36.3. The maximum Gasteiger partial charge on any atom is 0.329 e. The van der Waals surface area contributed by atoms with Crippen LogP contribution in [0.2, 0.25) is 0 Å². The Morgan fingerprint density at radius 3 is 1.55 bits per heavy atom. The van der Waals surface area contributed by atoms with E-state index >= 15 is 0 Å². The molecule has 5 N–H and O–H groups in total. The van der Waals surface area contributed by atoms with Gasteiger partial charge in [0, 0.05) is 56.9 Å². The summed E-state index contributed by atoms with van der Waals surface area (Å²) in [4.78, 5) is 156. The molecule has 2 aliphatic rings. The molecule has 2 aromatic heterocycles. The summed E-state index contributed by atoms with van der Waals surface area (Å²) in [5.41, 5.74) is -0.123.